The molecule has 0 unspecified atom stereocenters. The van der Waals surface area contributed by atoms with Crippen molar-refractivity contribution in [1.82, 2.24) is 4.90 Å². The summed E-state index contributed by atoms with van der Waals surface area (Å²) in [5.41, 5.74) is 1.09. The first-order valence-corrected chi connectivity index (χ1v) is 13.5. The highest BCUT2D eigenvalue weighted by atomic mass is 16.3. The molecule has 3 aromatic carbocycles. The van der Waals surface area contributed by atoms with Gasteiger partial charge in [0.25, 0.3) is 5.91 Å². The summed E-state index contributed by atoms with van der Waals surface area (Å²) < 4.78 is 0. The van der Waals surface area contributed by atoms with Crippen LogP contribution < -0.4 is 9.80 Å². The number of aliphatic hydroxyl groups excluding tert-OH is 1. The standard InChI is InChI=1S/C33H35N3O5/c1-3-19-35-30-18-17-28(36(24-38)27-14-8-5-9-15-27)22-29(30)33(41,32(35)40)25(2)11-10-16-31(39)34(20-21-37)23-26-12-6-4-7-13-26/h3-15,17-18,22,24-25,37,41H,1,16,19-21,23H2,2H3/b11-10+/t25-,33+/m0/s1. The lowest BCUT2D eigenvalue weighted by Gasteiger charge is -2.28. The Labute approximate surface area is 240 Å². The molecule has 4 rings (SSSR count). The molecule has 0 radical (unpaired) electrons. The zero-order chi connectivity index (χ0) is 29.4. The molecule has 3 aromatic rings. The number of rotatable bonds is 13. The number of carbonyl (C=O) groups excluding carboxylic acids is 3. The summed E-state index contributed by atoms with van der Waals surface area (Å²) in [6.07, 6.45) is 5.63. The number of hydrogen-bond acceptors (Lipinski definition) is 5. The third kappa shape index (κ3) is 6.14. The van der Waals surface area contributed by atoms with Gasteiger partial charge in [0.2, 0.25) is 12.3 Å². The van der Waals surface area contributed by atoms with Gasteiger partial charge in [-0.15, -0.1) is 6.58 Å². The Morgan fingerprint density at radius 2 is 1.73 bits per heavy atom. The van der Waals surface area contributed by atoms with E-state index in [9.17, 15) is 24.6 Å². The van der Waals surface area contributed by atoms with Crippen LogP contribution in [0, 0.1) is 5.92 Å². The first-order valence-electron chi connectivity index (χ1n) is 13.5. The molecule has 3 amide bonds. The summed E-state index contributed by atoms with van der Waals surface area (Å²) in [5, 5.41) is 21.4. The van der Waals surface area contributed by atoms with Crippen molar-refractivity contribution >= 4 is 35.3 Å². The fraction of sp³-hybridized carbons (Fsp3) is 0.242. The third-order valence-electron chi connectivity index (χ3n) is 7.30. The second kappa shape index (κ2) is 13.2. The maximum absolute atomic E-state index is 13.6. The quantitative estimate of drug-likeness (QED) is 0.243. The molecule has 1 aliphatic rings. The Balaban J connectivity index is 1.60. The van der Waals surface area contributed by atoms with Gasteiger partial charge in [-0.2, -0.15) is 0 Å². The van der Waals surface area contributed by atoms with Crippen molar-refractivity contribution in [3.05, 3.63) is 115 Å². The molecule has 212 valence electrons. The average molecular weight is 554 g/mol. The van der Waals surface area contributed by atoms with Crippen LogP contribution in [0.1, 0.15) is 24.5 Å². The molecule has 2 atom stereocenters. The normalized spacial score (nSPS) is 16.9. The Kier molecular flexibility index (Phi) is 9.49. The molecule has 0 aromatic heterocycles. The van der Waals surface area contributed by atoms with Gasteiger partial charge in [0.05, 0.1) is 12.3 Å². The number of fused-ring (bicyclic) bond motifs is 1. The molecule has 0 bridgehead atoms. The zero-order valence-electron chi connectivity index (χ0n) is 23.1. The summed E-state index contributed by atoms with van der Waals surface area (Å²) in [6.45, 7) is 6.07. The van der Waals surface area contributed by atoms with Crippen molar-refractivity contribution in [1.29, 1.82) is 0 Å². The Hall–Kier alpha value is -4.53. The summed E-state index contributed by atoms with van der Waals surface area (Å²) >= 11 is 0. The molecule has 1 heterocycles. The van der Waals surface area contributed by atoms with E-state index in [4.69, 9.17) is 0 Å². The lowest BCUT2D eigenvalue weighted by Crippen LogP contribution is -2.44. The maximum Gasteiger partial charge on any atom is 0.264 e. The molecule has 2 N–H and O–H groups in total. The minimum atomic E-state index is -1.92. The van der Waals surface area contributed by atoms with Crippen molar-refractivity contribution in [2.24, 2.45) is 5.92 Å². The molecule has 41 heavy (non-hydrogen) atoms. The van der Waals surface area contributed by atoms with E-state index in [1.165, 1.54) is 9.80 Å². The molecule has 8 nitrogen and oxygen atoms in total. The average Bonchev–Trinajstić information content (AvgIpc) is 3.21. The maximum atomic E-state index is 13.6. The highest BCUT2D eigenvalue weighted by Gasteiger charge is 2.52. The fourth-order valence-corrected chi connectivity index (χ4v) is 5.11. The van der Waals surface area contributed by atoms with E-state index < -0.39 is 17.4 Å². The van der Waals surface area contributed by atoms with Gasteiger partial charge in [0, 0.05) is 48.9 Å². The van der Waals surface area contributed by atoms with E-state index in [0.29, 0.717) is 35.6 Å². The number of hydrogen-bond donors (Lipinski definition) is 2. The van der Waals surface area contributed by atoms with Crippen LogP contribution in [0.5, 0.6) is 0 Å². The van der Waals surface area contributed by atoms with Crippen molar-refractivity contribution < 1.29 is 24.6 Å². The van der Waals surface area contributed by atoms with Gasteiger partial charge >= 0.3 is 0 Å². The van der Waals surface area contributed by atoms with Gasteiger partial charge in [-0.05, 0) is 35.9 Å². The fourth-order valence-electron chi connectivity index (χ4n) is 5.11. The predicted octanol–water partition coefficient (Wildman–Crippen LogP) is 4.30. The number of nitrogens with zero attached hydrogens (tertiary/aromatic N) is 3. The number of carbonyl (C=O) groups is 3. The van der Waals surface area contributed by atoms with Crippen LogP contribution in [-0.4, -0.2) is 53.0 Å². The van der Waals surface area contributed by atoms with Crippen LogP contribution in [0.25, 0.3) is 0 Å². The van der Waals surface area contributed by atoms with E-state index in [2.05, 4.69) is 6.58 Å². The zero-order valence-corrected chi connectivity index (χ0v) is 23.1. The number of benzene rings is 3. The monoisotopic (exact) mass is 553 g/mol. The first kappa shape index (κ1) is 29.5. The number of amides is 3. The van der Waals surface area contributed by atoms with Crippen LogP contribution in [-0.2, 0) is 26.5 Å². The Morgan fingerprint density at radius 3 is 2.37 bits per heavy atom. The molecular formula is C33H35N3O5. The van der Waals surface area contributed by atoms with E-state index in [1.807, 2.05) is 48.5 Å². The molecule has 0 saturated carbocycles. The Morgan fingerprint density at radius 1 is 1.05 bits per heavy atom. The van der Waals surface area contributed by atoms with Gasteiger partial charge in [0.1, 0.15) is 0 Å². The summed E-state index contributed by atoms with van der Waals surface area (Å²) in [4.78, 5) is 43.2. The predicted molar refractivity (Wildman–Crippen MR) is 159 cm³/mol. The molecular weight excluding hydrogens is 518 g/mol. The van der Waals surface area contributed by atoms with Crippen molar-refractivity contribution in [3.8, 4) is 0 Å². The minimum Gasteiger partial charge on any atom is -0.395 e. The first-order chi connectivity index (χ1) is 19.8. The van der Waals surface area contributed by atoms with Gasteiger partial charge < -0.3 is 20.0 Å². The summed E-state index contributed by atoms with van der Waals surface area (Å²) in [5.74, 6) is -1.39. The minimum absolute atomic E-state index is 0.0393. The van der Waals surface area contributed by atoms with Crippen LogP contribution in [0.4, 0.5) is 17.1 Å². The van der Waals surface area contributed by atoms with Gasteiger partial charge in [-0.1, -0.05) is 73.7 Å². The van der Waals surface area contributed by atoms with Gasteiger partial charge in [-0.25, -0.2) is 0 Å². The van der Waals surface area contributed by atoms with Gasteiger partial charge in [-0.3, -0.25) is 19.3 Å². The van der Waals surface area contributed by atoms with E-state index in [1.54, 1.807) is 60.4 Å². The second-order valence-corrected chi connectivity index (χ2v) is 9.93. The molecule has 0 spiro atoms. The Bertz CT molecular complexity index is 1410. The smallest absolute Gasteiger partial charge is 0.264 e. The van der Waals surface area contributed by atoms with Crippen LogP contribution in [0.15, 0.2) is 104 Å². The van der Waals surface area contributed by atoms with Crippen molar-refractivity contribution in [2.45, 2.75) is 25.5 Å². The highest BCUT2D eigenvalue weighted by molar-refractivity contribution is 6.08. The summed E-state index contributed by atoms with van der Waals surface area (Å²) in [6, 6.07) is 23.7. The second-order valence-electron chi connectivity index (χ2n) is 9.93. The number of aliphatic hydroxyl groups is 2. The van der Waals surface area contributed by atoms with E-state index in [0.717, 1.165) is 5.56 Å². The topological polar surface area (TPSA) is 101 Å². The van der Waals surface area contributed by atoms with E-state index in [-0.39, 0.29) is 32.0 Å². The SMILES string of the molecule is C=CCN1C(=O)[C@@](O)([C@@H](C)/C=C/CC(=O)N(CCO)Cc2ccccc2)c2cc(N(C=O)c3ccccc3)ccc21. The van der Waals surface area contributed by atoms with Crippen molar-refractivity contribution in [3.63, 3.8) is 0 Å². The lowest BCUT2D eigenvalue weighted by molar-refractivity contribution is -0.139. The van der Waals surface area contributed by atoms with E-state index >= 15 is 0 Å². The number of anilines is 3. The molecule has 0 saturated heterocycles. The largest absolute Gasteiger partial charge is 0.395 e. The van der Waals surface area contributed by atoms with Crippen LogP contribution in [0.3, 0.4) is 0 Å². The molecule has 8 heteroatoms. The molecule has 0 fully saturated rings. The summed E-state index contributed by atoms with van der Waals surface area (Å²) in [7, 11) is 0. The molecule has 0 aliphatic carbocycles. The van der Waals surface area contributed by atoms with Crippen LogP contribution >= 0.6 is 0 Å². The third-order valence-corrected chi connectivity index (χ3v) is 7.30. The lowest BCUT2D eigenvalue weighted by atomic mass is 9.82. The highest BCUT2D eigenvalue weighted by Crippen LogP contribution is 2.47. The number of para-hydroxylation sites is 1. The van der Waals surface area contributed by atoms with Crippen molar-refractivity contribution in [2.75, 3.05) is 29.5 Å². The molecule has 1 aliphatic heterocycles. The van der Waals surface area contributed by atoms with Crippen LogP contribution in [0.2, 0.25) is 0 Å². The van der Waals surface area contributed by atoms with Gasteiger partial charge in [0.15, 0.2) is 5.60 Å².